The zero-order valence-electron chi connectivity index (χ0n) is 11.3. The maximum atomic E-state index is 5.58. The first-order valence-electron chi connectivity index (χ1n) is 6.13. The Morgan fingerprint density at radius 3 is 2.72 bits per heavy atom. The summed E-state index contributed by atoms with van der Waals surface area (Å²) in [5.74, 6) is 1.63. The van der Waals surface area contributed by atoms with Gasteiger partial charge in [-0.1, -0.05) is 6.92 Å². The van der Waals surface area contributed by atoms with Crippen molar-refractivity contribution in [3.05, 3.63) is 33.9 Å². The van der Waals surface area contributed by atoms with Crippen LogP contribution < -0.4 is 5.32 Å². The third-order valence-corrected chi connectivity index (χ3v) is 4.35. The fourth-order valence-corrected chi connectivity index (χ4v) is 2.58. The Bertz CT molecular complexity index is 487. The first kappa shape index (κ1) is 13.2. The second-order valence-electron chi connectivity index (χ2n) is 4.63. The van der Waals surface area contributed by atoms with Crippen molar-refractivity contribution in [2.45, 2.75) is 46.2 Å². The molecule has 0 aliphatic heterocycles. The molecule has 0 saturated carbocycles. The summed E-state index contributed by atoms with van der Waals surface area (Å²) in [4.78, 5) is 8.78. The molecule has 18 heavy (non-hydrogen) atoms. The smallest absolute Gasteiger partial charge is 0.208 e. The minimum absolute atomic E-state index is 0.121. The number of oxazole rings is 1. The molecule has 2 aromatic rings. The predicted octanol–water partition coefficient (Wildman–Crippen LogP) is 3.16. The number of rotatable bonds is 5. The van der Waals surface area contributed by atoms with Gasteiger partial charge in [0.1, 0.15) is 10.8 Å². The van der Waals surface area contributed by atoms with Crippen molar-refractivity contribution in [1.82, 2.24) is 15.3 Å². The summed E-state index contributed by atoms with van der Waals surface area (Å²) in [6, 6.07) is 0. The van der Waals surface area contributed by atoms with Gasteiger partial charge >= 0.3 is 0 Å². The average molecular weight is 265 g/mol. The second-order valence-corrected chi connectivity index (χ2v) is 5.52. The van der Waals surface area contributed by atoms with Gasteiger partial charge in [-0.25, -0.2) is 9.97 Å². The van der Waals surface area contributed by atoms with E-state index in [9.17, 15) is 0 Å². The zero-order chi connectivity index (χ0) is 13.2. The summed E-state index contributed by atoms with van der Waals surface area (Å²) in [6.45, 7) is 8.83. The molecule has 1 atom stereocenters. The monoisotopic (exact) mass is 265 g/mol. The normalized spacial score (nSPS) is 14.7. The van der Waals surface area contributed by atoms with Crippen molar-refractivity contribution < 1.29 is 4.42 Å². The van der Waals surface area contributed by atoms with Crippen molar-refractivity contribution in [3.8, 4) is 0 Å². The maximum absolute atomic E-state index is 5.58. The standard InChI is InChI=1S/C13H19N3OS/c1-5-13(4,12-14-6-7-18-12)15-8-11-16-9(2)10(3)17-11/h6-7,15H,5,8H2,1-4H3/t13-/m1/s1. The molecule has 1 N–H and O–H groups in total. The molecule has 2 rings (SSSR count). The van der Waals surface area contributed by atoms with Crippen molar-refractivity contribution in [2.75, 3.05) is 0 Å². The van der Waals surface area contributed by atoms with E-state index in [1.807, 2.05) is 25.4 Å². The summed E-state index contributed by atoms with van der Waals surface area (Å²) >= 11 is 1.67. The van der Waals surface area contributed by atoms with Crippen LogP contribution in [0, 0.1) is 13.8 Å². The number of hydrogen-bond donors (Lipinski definition) is 1. The van der Waals surface area contributed by atoms with E-state index >= 15 is 0 Å². The largest absolute Gasteiger partial charge is 0.444 e. The molecule has 4 nitrogen and oxygen atoms in total. The number of aryl methyl sites for hydroxylation is 2. The van der Waals surface area contributed by atoms with Gasteiger partial charge in [-0.15, -0.1) is 11.3 Å². The summed E-state index contributed by atoms with van der Waals surface area (Å²) in [5, 5.41) is 6.60. The number of nitrogens with zero attached hydrogens (tertiary/aromatic N) is 2. The van der Waals surface area contributed by atoms with Crippen molar-refractivity contribution in [1.29, 1.82) is 0 Å². The number of nitrogens with one attached hydrogen (secondary N) is 1. The van der Waals surface area contributed by atoms with E-state index in [2.05, 4.69) is 29.1 Å². The van der Waals surface area contributed by atoms with E-state index in [1.54, 1.807) is 11.3 Å². The molecule has 0 radical (unpaired) electrons. The molecule has 0 aromatic carbocycles. The van der Waals surface area contributed by atoms with E-state index in [1.165, 1.54) is 0 Å². The van der Waals surface area contributed by atoms with Crippen LogP contribution >= 0.6 is 11.3 Å². The van der Waals surface area contributed by atoms with Crippen LogP contribution in [-0.2, 0) is 12.1 Å². The molecule has 0 saturated heterocycles. The highest BCUT2D eigenvalue weighted by Crippen LogP contribution is 2.26. The lowest BCUT2D eigenvalue weighted by molar-refractivity contribution is 0.324. The molecule has 0 spiro atoms. The maximum Gasteiger partial charge on any atom is 0.208 e. The summed E-state index contributed by atoms with van der Waals surface area (Å²) in [5.41, 5.74) is 0.837. The van der Waals surface area contributed by atoms with Gasteiger partial charge in [0, 0.05) is 11.6 Å². The summed E-state index contributed by atoms with van der Waals surface area (Å²) in [6.07, 6.45) is 2.81. The first-order chi connectivity index (χ1) is 8.55. The van der Waals surface area contributed by atoms with Gasteiger partial charge in [-0.3, -0.25) is 5.32 Å². The zero-order valence-corrected chi connectivity index (χ0v) is 12.1. The molecule has 2 heterocycles. The van der Waals surface area contributed by atoms with Crippen molar-refractivity contribution in [3.63, 3.8) is 0 Å². The lowest BCUT2D eigenvalue weighted by Crippen LogP contribution is -2.38. The van der Waals surface area contributed by atoms with Crippen LogP contribution in [-0.4, -0.2) is 9.97 Å². The fraction of sp³-hybridized carbons (Fsp3) is 0.538. The molecule has 0 aliphatic carbocycles. The van der Waals surface area contributed by atoms with E-state index in [0.29, 0.717) is 6.54 Å². The molecule has 98 valence electrons. The molecular weight excluding hydrogens is 246 g/mol. The van der Waals surface area contributed by atoms with Gasteiger partial charge in [0.15, 0.2) is 0 Å². The highest BCUT2D eigenvalue weighted by molar-refractivity contribution is 7.09. The lowest BCUT2D eigenvalue weighted by atomic mass is 10.00. The molecular formula is C13H19N3OS. The van der Waals surface area contributed by atoms with Crippen LogP contribution in [0.5, 0.6) is 0 Å². The number of thiazole rings is 1. The van der Waals surface area contributed by atoms with Crippen LogP contribution in [0.2, 0.25) is 0 Å². The van der Waals surface area contributed by atoms with E-state index < -0.39 is 0 Å². The van der Waals surface area contributed by atoms with Crippen LogP contribution in [0.25, 0.3) is 0 Å². The highest BCUT2D eigenvalue weighted by Gasteiger charge is 2.27. The third kappa shape index (κ3) is 2.62. The molecule has 2 aromatic heterocycles. The highest BCUT2D eigenvalue weighted by atomic mass is 32.1. The van der Waals surface area contributed by atoms with Gasteiger partial charge in [0.25, 0.3) is 0 Å². The fourth-order valence-electron chi connectivity index (χ4n) is 1.73. The SMILES string of the molecule is CC[C@@](C)(NCc1nc(C)c(C)o1)c1nccs1. The quantitative estimate of drug-likeness (QED) is 0.902. The minimum Gasteiger partial charge on any atom is -0.444 e. The molecule has 5 heteroatoms. The summed E-state index contributed by atoms with van der Waals surface area (Å²) in [7, 11) is 0. The van der Waals surface area contributed by atoms with Crippen molar-refractivity contribution >= 4 is 11.3 Å². The van der Waals surface area contributed by atoms with Crippen LogP contribution in [0.1, 0.15) is 42.6 Å². The molecule has 0 fully saturated rings. The second kappa shape index (κ2) is 5.20. The molecule has 0 aliphatic rings. The summed E-state index contributed by atoms with van der Waals surface area (Å²) < 4.78 is 5.58. The number of hydrogen-bond acceptors (Lipinski definition) is 5. The van der Waals surface area contributed by atoms with Crippen LogP contribution in [0.3, 0.4) is 0 Å². The minimum atomic E-state index is -0.121. The lowest BCUT2D eigenvalue weighted by Gasteiger charge is -2.26. The Morgan fingerprint density at radius 2 is 2.22 bits per heavy atom. The Labute approximate surface area is 111 Å². The van der Waals surface area contributed by atoms with Crippen molar-refractivity contribution in [2.24, 2.45) is 0 Å². The van der Waals surface area contributed by atoms with E-state index in [0.717, 1.165) is 28.8 Å². The Balaban J connectivity index is 2.08. The Hall–Kier alpha value is -1.20. The van der Waals surface area contributed by atoms with Crippen LogP contribution in [0.4, 0.5) is 0 Å². The van der Waals surface area contributed by atoms with Gasteiger partial charge in [-0.05, 0) is 27.2 Å². The number of aromatic nitrogens is 2. The van der Waals surface area contributed by atoms with E-state index in [4.69, 9.17) is 4.42 Å². The molecule has 0 amide bonds. The topological polar surface area (TPSA) is 51.0 Å². The van der Waals surface area contributed by atoms with Gasteiger partial charge in [0.05, 0.1) is 17.8 Å². The molecule has 0 bridgehead atoms. The molecule has 0 unspecified atom stereocenters. The van der Waals surface area contributed by atoms with E-state index in [-0.39, 0.29) is 5.54 Å². The predicted molar refractivity (Wildman–Crippen MR) is 72.6 cm³/mol. The Morgan fingerprint density at radius 1 is 1.44 bits per heavy atom. The van der Waals surface area contributed by atoms with Crippen LogP contribution in [0.15, 0.2) is 16.0 Å². The third-order valence-electron chi connectivity index (χ3n) is 3.31. The Kier molecular flexibility index (Phi) is 3.82. The van der Waals surface area contributed by atoms with Gasteiger partial charge < -0.3 is 4.42 Å². The van der Waals surface area contributed by atoms with Gasteiger partial charge in [-0.2, -0.15) is 0 Å². The average Bonchev–Trinajstić information content (AvgIpc) is 2.98. The first-order valence-corrected chi connectivity index (χ1v) is 7.01. The van der Waals surface area contributed by atoms with Gasteiger partial charge in [0.2, 0.25) is 5.89 Å².